The zero-order valence-corrected chi connectivity index (χ0v) is 41.1. The van der Waals surface area contributed by atoms with E-state index in [0.29, 0.717) is 6.42 Å². The maximum Gasteiger partial charge on any atom is 0.186 e. The normalized spacial score (nSPS) is 50.0. The fraction of sp³-hybridized carbons (Fsp3) is 1.00. The first-order valence-corrected chi connectivity index (χ1v) is 23.7. The van der Waals surface area contributed by atoms with Crippen LogP contribution in [0.1, 0.15) is 34.1 Å². The summed E-state index contributed by atoms with van der Waals surface area (Å²) in [6.07, 6.45) is -33.7. The highest BCUT2D eigenvalue weighted by atomic mass is 16.7. The highest BCUT2D eigenvalue weighted by Gasteiger charge is 2.51. The van der Waals surface area contributed by atoms with Crippen LogP contribution in [-0.4, -0.2) is 325 Å². The summed E-state index contributed by atoms with van der Waals surface area (Å²) in [5.41, 5.74) is 0. The van der Waals surface area contributed by atoms with Gasteiger partial charge in [-0.25, -0.2) is 0 Å². The van der Waals surface area contributed by atoms with Crippen LogP contribution in [0.5, 0.6) is 0 Å². The fourth-order valence-corrected chi connectivity index (χ4v) is 8.98. The van der Waals surface area contributed by atoms with Crippen molar-refractivity contribution in [2.24, 2.45) is 0 Å². The average Bonchev–Trinajstić information content (AvgIpc) is 3.36. The predicted octanol–water partition coefficient (Wildman–Crippen LogP) is -9.60. The molecule has 6 aliphatic rings. The summed E-state index contributed by atoms with van der Waals surface area (Å²) in [4.78, 5) is 0. The van der Waals surface area contributed by atoms with Crippen LogP contribution in [0.3, 0.4) is 0 Å². The molecule has 6 heterocycles. The Bertz CT molecular complexity index is 1530. The maximum absolute atomic E-state index is 10.6. The molecule has 29 heteroatoms. The maximum atomic E-state index is 10.6. The first kappa shape index (κ1) is 63.4. The Morgan fingerprint density at radius 1 is 0.306 bits per heavy atom. The third-order valence-corrected chi connectivity index (χ3v) is 13.6. The van der Waals surface area contributed by atoms with Gasteiger partial charge in [0.05, 0.1) is 57.5 Å². The molecule has 0 bridgehead atoms. The summed E-state index contributed by atoms with van der Waals surface area (Å²) in [5.74, 6) is 0. The van der Waals surface area contributed by atoms with Crippen LogP contribution < -0.4 is 0 Å². The van der Waals surface area contributed by atoms with E-state index in [9.17, 15) is 81.7 Å². The smallest absolute Gasteiger partial charge is 0.186 e. The molecule has 0 saturated carbocycles. The van der Waals surface area contributed by atoms with Crippen LogP contribution >= 0.6 is 0 Å². The van der Waals surface area contributed by atoms with Crippen molar-refractivity contribution >= 4 is 0 Å². The molecule has 30 atom stereocenters. The molecule has 72 heavy (non-hydrogen) atoms. The topological polar surface area (TPSA) is 455 Å². The molecule has 6 aliphatic heterocycles. The van der Waals surface area contributed by atoms with E-state index in [1.807, 2.05) is 0 Å². The lowest BCUT2D eigenvalue weighted by Crippen LogP contribution is -2.62. The van der Waals surface area contributed by atoms with Crippen molar-refractivity contribution in [2.45, 2.75) is 218 Å². The van der Waals surface area contributed by atoms with E-state index < -0.39 is 190 Å². The van der Waals surface area contributed by atoms with E-state index in [1.165, 1.54) is 35.2 Å². The van der Waals surface area contributed by atoms with E-state index >= 15 is 0 Å². The van der Waals surface area contributed by atoms with Gasteiger partial charge in [-0.15, -0.1) is 0 Å². The molecule has 0 aliphatic carbocycles. The van der Waals surface area contributed by atoms with Crippen molar-refractivity contribution in [3.8, 4) is 0 Å². The van der Waals surface area contributed by atoms with Gasteiger partial charge in [-0.1, -0.05) is 6.92 Å². The quantitative estimate of drug-likeness (QED) is 0.0724. The molecule has 6 fully saturated rings. The van der Waals surface area contributed by atoms with Crippen molar-refractivity contribution < 1.29 is 144 Å². The standard InChI is InChI=1S/C21H38O14.C14H26O10.C8H16O5/c1-4-8-12(23)16(27)17(28)20(34-8)31-6-10-14(25)19(30-3)18(29)21(35-10)32-5-9-13(24)15(26)11(22)7(2)33-9;1-5-8(16)11(19)9(17)7(23-5)4-22-14-12(20)13(21-2)10(18)6(3-15)24-14;1-4-6(10)8(12-2)7(11)5(3-9)13-4/h7-29H,4-6H2,1-3H3;5-20H,3-4H2,1-2H3;4-11H,3H2,1-2H3/t7-,8?,9?,10?,11?,12-,13-,14-,15+,16?,17?,18?,19-,20+,21+;5-,6?,7?,8?,9-,10-,11+,12?,13-,14+;4-,5?,6?,7-,8+/m000/s1. The largest absolute Gasteiger partial charge is 0.394 e. The third kappa shape index (κ3) is 14.9. The summed E-state index contributed by atoms with van der Waals surface area (Å²) in [6, 6.07) is 0. The van der Waals surface area contributed by atoms with Crippen molar-refractivity contribution in [3.05, 3.63) is 0 Å². The number of hydrogen-bond acceptors (Lipinski definition) is 29. The van der Waals surface area contributed by atoms with E-state index in [-0.39, 0.29) is 26.4 Å². The molecular formula is C43H80O29. The Balaban J connectivity index is 0.000000261. The minimum atomic E-state index is -1.56. The number of ether oxygens (including phenoxy) is 12. The van der Waals surface area contributed by atoms with Crippen LogP contribution in [0, 0.1) is 0 Å². The van der Waals surface area contributed by atoms with Gasteiger partial charge in [-0.05, 0) is 27.2 Å². The van der Waals surface area contributed by atoms with Crippen molar-refractivity contribution in [1.82, 2.24) is 0 Å². The van der Waals surface area contributed by atoms with Gasteiger partial charge in [0.1, 0.15) is 140 Å². The molecule has 0 aromatic carbocycles. The van der Waals surface area contributed by atoms with Crippen molar-refractivity contribution in [2.75, 3.05) is 54.4 Å². The van der Waals surface area contributed by atoms with Crippen LogP contribution in [0.25, 0.3) is 0 Å². The number of aliphatic hydroxyl groups excluding tert-OH is 17. The molecule has 0 spiro atoms. The molecular weight excluding hydrogens is 980 g/mol. The average molecular weight is 1060 g/mol. The lowest BCUT2D eigenvalue weighted by atomic mass is 9.96. The minimum absolute atomic E-state index is 0.248. The monoisotopic (exact) mass is 1060 g/mol. The highest BCUT2D eigenvalue weighted by Crippen LogP contribution is 2.31. The minimum Gasteiger partial charge on any atom is -0.394 e. The number of hydrogen-bond donors (Lipinski definition) is 17. The summed E-state index contributed by atoms with van der Waals surface area (Å²) in [5, 5.41) is 168. The molecule has 0 amide bonds. The van der Waals surface area contributed by atoms with E-state index in [4.69, 9.17) is 61.9 Å². The van der Waals surface area contributed by atoms with Gasteiger partial charge >= 0.3 is 0 Å². The third-order valence-electron chi connectivity index (χ3n) is 13.6. The Hall–Kier alpha value is -1.16. The van der Waals surface area contributed by atoms with Gasteiger partial charge in [0.15, 0.2) is 18.9 Å². The second-order valence-electron chi connectivity index (χ2n) is 18.5. The second kappa shape index (κ2) is 29.0. The Kier molecular flexibility index (Phi) is 25.5. The lowest BCUT2D eigenvalue weighted by molar-refractivity contribution is -0.336. The van der Waals surface area contributed by atoms with Gasteiger partial charge in [-0.2, -0.15) is 0 Å². The first-order valence-electron chi connectivity index (χ1n) is 23.7. The Morgan fingerprint density at radius 2 is 0.583 bits per heavy atom. The molecule has 17 N–H and O–H groups in total. The number of aliphatic hydroxyl groups is 17. The molecule has 0 radical (unpaired) electrons. The van der Waals surface area contributed by atoms with Crippen molar-refractivity contribution in [3.63, 3.8) is 0 Å². The van der Waals surface area contributed by atoms with Gasteiger partial charge in [0.2, 0.25) is 0 Å². The zero-order chi connectivity index (χ0) is 54.0. The summed E-state index contributed by atoms with van der Waals surface area (Å²) >= 11 is 0. The Labute approximate surface area is 415 Å². The SMILES string of the molecule is CCC1O[C@@H](OCC2O[C@@H](OCC3O[C@@H](C)C(O)[C@@H](O)[C@H]3O)C(O)[C@@H](OC)[C@H]2O)C(O)C(O)[C@H]1O.CO[C@@H]1C(O)[C@H](C)OC(CO)[C@@H]1O.CO[C@@H]1C(O)[C@H](OCC2O[C@@H](C)C(O)[C@@H](O)[C@H]2O)OC(CO)[C@@H]1O. The van der Waals surface area contributed by atoms with Crippen molar-refractivity contribution in [1.29, 1.82) is 0 Å². The molecule has 0 aromatic heterocycles. The second-order valence-corrected chi connectivity index (χ2v) is 18.5. The highest BCUT2D eigenvalue weighted by molar-refractivity contribution is 4.96. The van der Waals surface area contributed by atoms with Crippen LogP contribution in [-0.2, 0) is 56.8 Å². The number of rotatable bonds is 15. The summed E-state index contributed by atoms with van der Waals surface area (Å²) in [6.45, 7) is 4.73. The fourth-order valence-electron chi connectivity index (χ4n) is 8.98. The summed E-state index contributed by atoms with van der Waals surface area (Å²) in [7, 11) is 3.97. The molecule has 426 valence electrons. The predicted molar refractivity (Wildman–Crippen MR) is 234 cm³/mol. The van der Waals surface area contributed by atoms with Gasteiger partial charge in [-0.3, -0.25) is 0 Å². The van der Waals surface area contributed by atoms with E-state index in [1.54, 1.807) is 13.8 Å². The first-order chi connectivity index (χ1) is 33.9. The molecule has 6 saturated heterocycles. The number of methoxy groups -OCH3 is 3. The van der Waals surface area contributed by atoms with Crippen LogP contribution in [0.4, 0.5) is 0 Å². The zero-order valence-electron chi connectivity index (χ0n) is 41.1. The van der Waals surface area contributed by atoms with Gasteiger partial charge in [0, 0.05) is 21.3 Å². The molecule has 13 unspecified atom stereocenters. The van der Waals surface area contributed by atoms with Crippen LogP contribution in [0.2, 0.25) is 0 Å². The van der Waals surface area contributed by atoms with Gasteiger partial charge < -0.3 is 144 Å². The molecule has 29 nitrogen and oxygen atoms in total. The molecule has 6 rings (SSSR count). The lowest BCUT2D eigenvalue weighted by Gasteiger charge is -2.44. The summed E-state index contributed by atoms with van der Waals surface area (Å²) < 4.78 is 64.1. The Morgan fingerprint density at radius 3 is 0.972 bits per heavy atom. The van der Waals surface area contributed by atoms with E-state index in [0.717, 1.165) is 0 Å². The van der Waals surface area contributed by atoms with Gasteiger partial charge in [0.25, 0.3) is 0 Å². The molecule has 0 aromatic rings. The van der Waals surface area contributed by atoms with E-state index in [2.05, 4.69) is 0 Å². The van der Waals surface area contributed by atoms with Crippen LogP contribution in [0.15, 0.2) is 0 Å².